The first kappa shape index (κ1) is 25.3. The molecule has 184 valence electrons. The summed E-state index contributed by atoms with van der Waals surface area (Å²) in [6, 6.07) is 21.2. The molecule has 0 spiro atoms. The molecule has 4 rings (SSSR count). The van der Waals surface area contributed by atoms with Crippen LogP contribution in [0.4, 0.5) is 19.1 Å². The third kappa shape index (κ3) is 6.28. The fourth-order valence-electron chi connectivity index (χ4n) is 3.75. The second-order valence-corrected chi connectivity index (χ2v) is 10.2. The smallest absolute Gasteiger partial charge is 0.422 e. The Kier molecular flexibility index (Phi) is 7.30. The van der Waals surface area contributed by atoms with E-state index in [1.54, 1.807) is 24.3 Å². The first-order valence-corrected chi connectivity index (χ1v) is 12.8. The van der Waals surface area contributed by atoms with Crippen molar-refractivity contribution in [2.24, 2.45) is 0 Å². The van der Waals surface area contributed by atoms with Gasteiger partial charge in [0.1, 0.15) is 5.75 Å². The molecule has 1 N–H and O–H groups in total. The Hall–Kier alpha value is -2.75. The second kappa shape index (κ2) is 10.1. The number of benzene rings is 3. The van der Waals surface area contributed by atoms with E-state index in [0.717, 1.165) is 26.7 Å². The summed E-state index contributed by atoms with van der Waals surface area (Å²) in [7, 11) is 0. The van der Waals surface area contributed by atoms with Crippen LogP contribution < -0.4 is 10.1 Å². The largest absolute Gasteiger partial charge is 0.484 e. The molecule has 0 radical (unpaired) electrons. The summed E-state index contributed by atoms with van der Waals surface area (Å²) in [5.41, 5.74) is 6.19. The highest BCUT2D eigenvalue weighted by molar-refractivity contribution is 14.1. The van der Waals surface area contributed by atoms with Crippen molar-refractivity contribution in [2.75, 3.05) is 11.9 Å². The van der Waals surface area contributed by atoms with E-state index in [4.69, 9.17) is 9.72 Å². The lowest BCUT2D eigenvalue weighted by atomic mass is 9.87. The van der Waals surface area contributed by atoms with Crippen LogP contribution in [0.15, 0.2) is 66.7 Å². The first-order chi connectivity index (χ1) is 16.5. The van der Waals surface area contributed by atoms with E-state index >= 15 is 0 Å². The van der Waals surface area contributed by atoms with Gasteiger partial charge in [-0.3, -0.25) is 4.57 Å². The number of aromatic nitrogens is 2. The summed E-state index contributed by atoms with van der Waals surface area (Å²) >= 11 is 2.32. The van der Waals surface area contributed by atoms with Gasteiger partial charge < -0.3 is 10.1 Å². The number of nitrogens with zero attached hydrogens (tertiary/aromatic N) is 2. The molecule has 0 saturated heterocycles. The molecule has 0 bridgehead atoms. The van der Waals surface area contributed by atoms with E-state index in [2.05, 4.69) is 85.1 Å². The number of alkyl halides is 4. The predicted octanol–water partition coefficient (Wildman–Crippen LogP) is 7.81. The van der Waals surface area contributed by atoms with Crippen LogP contribution in [-0.4, -0.2) is 22.3 Å². The van der Waals surface area contributed by atoms with Crippen molar-refractivity contribution < 1.29 is 17.9 Å². The summed E-state index contributed by atoms with van der Waals surface area (Å²) in [5, 5.41) is 3.44. The van der Waals surface area contributed by atoms with E-state index in [-0.39, 0.29) is 11.2 Å². The predicted molar refractivity (Wildman–Crippen MR) is 143 cm³/mol. The van der Waals surface area contributed by atoms with Crippen molar-refractivity contribution in [3.05, 3.63) is 83.4 Å². The molecule has 1 heterocycles. The molecular formula is C27H27F3IN3O. The Morgan fingerprint density at radius 1 is 0.914 bits per heavy atom. The molecule has 0 unspecified atom stereocenters. The van der Waals surface area contributed by atoms with E-state index < -0.39 is 12.8 Å². The zero-order chi connectivity index (χ0) is 25.2. The number of hydrogen-bond donors (Lipinski definition) is 1. The van der Waals surface area contributed by atoms with Crippen molar-refractivity contribution >= 4 is 39.6 Å². The molecule has 4 nitrogen and oxygen atoms in total. The molecule has 4 aromatic rings. The molecule has 0 atom stereocenters. The maximum Gasteiger partial charge on any atom is 0.422 e. The molecule has 0 saturated carbocycles. The quantitative estimate of drug-likeness (QED) is 0.176. The van der Waals surface area contributed by atoms with Gasteiger partial charge in [0.05, 0.1) is 11.0 Å². The van der Waals surface area contributed by atoms with Gasteiger partial charge in [0, 0.05) is 16.7 Å². The van der Waals surface area contributed by atoms with Crippen molar-refractivity contribution in [1.82, 2.24) is 9.55 Å². The Labute approximate surface area is 216 Å². The van der Waals surface area contributed by atoms with Crippen LogP contribution in [0.3, 0.4) is 0 Å². The van der Waals surface area contributed by atoms with Crippen LogP contribution in [0.5, 0.6) is 5.75 Å². The minimum Gasteiger partial charge on any atom is -0.484 e. The molecular weight excluding hydrogens is 566 g/mol. The van der Waals surface area contributed by atoms with Gasteiger partial charge in [-0.1, -0.05) is 73.7 Å². The standard InChI is InChI=1S/C27H27F3IN3O/c1-26(2,3)20-7-4-18(5-8-20)16-32-25-33-23-14-19(15-31)6-13-24(23)34(25)21-9-11-22(12-10-21)35-17-27(28,29)30/h4-14H,15-17H2,1-3H3,(H,32,33). The maximum absolute atomic E-state index is 12.5. The average Bonchev–Trinajstić information content (AvgIpc) is 3.18. The van der Waals surface area contributed by atoms with Gasteiger partial charge in [-0.15, -0.1) is 0 Å². The van der Waals surface area contributed by atoms with Crippen molar-refractivity contribution in [3.8, 4) is 11.4 Å². The highest BCUT2D eigenvalue weighted by Crippen LogP contribution is 2.29. The molecule has 3 aromatic carbocycles. The number of fused-ring (bicyclic) bond motifs is 1. The number of hydrogen-bond acceptors (Lipinski definition) is 3. The molecule has 8 heteroatoms. The van der Waals surface area contributed by atoms with Crippen LogP contribution in [0.25, 0.3) is 16.7 Å². The number of nitrogens with one attached hydrogen (secondary N) is 1. The van der Waals surface area contributed by atoms with Gasteiger partial charge in [0.25, 0.3) is 0 Å². The zero-order valence-corrected chi connectivity index (χ0v) is 21.9. The summed E-state index contributed by atoms with van der Waals surface area (Å²) in [4.78, 5) is 4.83. The van der Waals surface area contributed by atoms with Gasteiger partial charge >= 0.3 is 6.18 Å². The highest BCUT2D eigenvalue weighted by Gasteiger charge is 2.28. The summed E-state index contributed by atoms with van der Waals surface area (Å²) < 4.78 is 45.2. The average molecular weight is 593 g/mol. The Balaban J connectivity index is 1.63. The highest BCUT2D eigenvalue weighted by atomic mass is 127. The van der Waals surface area contributed by atoms with Gasteiger partial charge in [-0.25, -0.2) is 4.98 Å². The number of halogens is 4. The fraction of sp³-hybridized carbons (Fsp3) is 0.296. The van der Waals surface area contributed by atoms with Crippen molar-refractivity contribution in [1.29, 1.82) is 0 Å². The van der Waals surface area contributed by atoms with E-state index in [0.29, 0.717) is 12.5 Å². The van der Waals surface area contributed by atoms with Gasteiger partial charge in [-0.05, 0) is 58.5 Å². The topological polar surface area (TPSA) is 39.1 Å². The molecule has 0 aliphatic heterocycles. The minimum atomic E-state index is -4.38. The molecule has 35 heavy (non-hydrogen) atoms. The molecule has 0 fully saturated rings. The lowest BCUT2D eigenvalue weighted by Crippen LogP contribution is -2.19. The first-order valence-electron chi connectivity index (χ1n) is 11.2. The lowest BCUT2D eigenvalue weighted by molar-refractivity contribution is -0.153. The van der Waals surface area contributed by atoms with E-state index in [9.17, 15) is 13.2 Å². The van der Waals surface area contributed by atoms with Crippen LogP contribution in [0, 0.1) is 0 Å². The maximum atomic E-state index is 12.5. The molecule has 0 amide bonds. The van der Waals surface area contributed by atoms with Crippen molar-refractivity contribution in [2.45, 2.75) is 43.3 Å². The van der Waals surface area contributed by atoms with Gasteiger partial charge in [-0.2, -0.15) is 13.2 Å². The normalized spacial score (nSPS) is 12.2. The Morgan fingerprint density at radius 2 is 1.57 bits per heavy atom. The number of ether oxygens (including phenoxy) is 1. The van der Waals surface area contributed by atoms with Crippen molar-refractivity contribution in [3.63, 3.8) is 0 Å². The second-order valence-electron chi connectivity index (χ2n) is 9.43. The Bertz CT molecular complexity index is 1290. The van der Waals surface area contributed by atoms with E-state index in [1.807, 2.05) is 10.6 Å². The molecule has 1 aromatic heterocycles. The summed E-state index contributed by atoms with van der Waals surface area (Å²) in [6.07, 6.45) is -4.38. The Morgan fingerprint density at radius 3 is 2.17 bits per heavy atom. The van der Waals surface area contributed by atoms with Gasteiger partial charge in [0.15, 0.2) is 6.61 Å². The monoisotopic (exact) mass is 593 g/mol. The van der Waals surface area contributed by atoms with Crippen LogP contribution in [0.2, 0.25) is 0 Å². The number of rotatable bonds is 7. The summed E-state index contributed by atoms with van der Waals surface area (Å²) in [6.45, 7) is 5.82. The SMILES string of the molecule is CC(C)(C)c1ccc(CNc2nc3cc(CI)ccc3n2-c2ccc(OCC(F)(F)F)cc2)cc1. The number of anilines is 1. The minimum absolute atomic E-state index is 0.0896. The third-order valence-electron chi connectivity index (χ3n) is 5.64. The number of imidazole rings is 1. The van der Waals surface area contributed by atoms with Crippen LogP contribution >= 0.6 is 22.6 Å². The van der Waals surface area contributed by atoms with Crippen LogP contribution in [0.1, 0.15) is 37.5 Å². The third-order valence-corrected chi connectivity index (χ3v) is 6.52. The zero-order valence-electron chi connectivity index (χ0n) is 19.8. The van der Waals surface area contributed by atoms with Crippen LogP contribution in [-0.2, 0) is 16.4 Å². The molecule has 0 aliphatic carbocycles. The molecule has 0 aliphatic rings. The van der Waals surface area contributed by atoms with Gasteiger partial charge in [0.2, 0.25) is 5.95 Å². The summed E-state index contributed by atoms with van der Waals surface area (Å²) in [5.74, 6) is 0.825. The van der Waals surface area contributed by atoms with E-state index in [1.165, 1.54) is 11.1 Å². The fourth-order valence-corrected chi connectivity index (χ4v) is 4.22. The lowest BCUT2D eigenvalue weighted by Gasteiger charge is -2.19.